The third-order valence-corrected chi connectivity index (χ3v) is 8.46. The van der Waals surface area contributed by atoms with Crippen LogP contribution in [-0.2, 0) is 9.59 Å². The Bertz CT molecular complexity index is 1580. The van der Waals surface area contributed by atoms with E-state index in [4.69, 9.17) is 0 Å². The van der Waals surface area contributed by atoms with Crippen molar-refractivity contribution in [3.63, 3.8) is 0 Å². The molecule has 0 fully saturated rings. The highest BCUT2D eigenvalue weighted by molar-refractivity contribution is 7.14. The van der Waals surface area contributed by atoms with Crippen LogP contribution in [0.3, 0.4) is 0 Å². The Morgan fingerprint density at radius 3 is 1.17 bits per heavy atom. The van der Waals surface area contributed by atoms with Crippen molar-refractivity contribution >= 4 is 44.8 Å². The zero-order valence-electron chi connectivity index (χ0n) is 24.5. The van der Waals surface area contributed by atoms with Crippen LogP contribution >= 0.6 is 22.7 Å². The molecule has 4 rings (SSSR count). The van der Waals surface area contributed by atoms with E-state index < -0.39 is 45.8 Å². The number of anilines is 2. The lowest BCUT2D eigenvalue weighted by atomic mass is 9.97. The monoisotopic (exact) mass is 690 g/mol. The first-order valence-corrected chi connectivity index (χ1v) is 15.3. The van der Waals surface area contributed by atoms with Crippen molar-refractivity contribution in [2.45, 2.75) is 63.2 Å². The minimum atomic E-state index is -7.04. The van der Waals surface area contributed by atoms with Crippen molar-refractivity contribution in [2.24, 2.45) is 0 Å². The second kappa shape index (κ2) is 12.7. The fraction of sp³-hybridized carbons (Fsp3) is 0.333. The van der Waals surface area contributed by atoms with Gasteiger partial charge in [0, 0.05) is 21.9 Å². The number of alkyl halides is 8. The molecule has 46 heavy (non-hydrogen) atoms. The first-order valence-electron chi connectivity index (χ1n) is 13.6. The molecule has 6 nitrogen and oxygen atoms in total. The van der Waals surface area contributed by atoms with E-state index in [-0.39, 0.29) is 23.2 Å². The largest absolute Gasteiger partial charge is 0.393 e. The van der Waals surface area contributed by atoms with Crippen molar-refractivity contribution in [1.82, 2.24) is 9.97 Å². The first kappa shape index (κ1) is 34.9. The van der Waals surface area contributed by atoms with Crippen LogP contribution in [0.15, 0.2) is 59.3 Å². The van der Waals surface area contributed by atoms with E-state index in [2.05, 4.69) is 9.97 Å². The molecule has 246 valence electrons. The number of nitrogens with one attached hydrogen (secondary N) is 2. The summed E-state index contributed by atoms with van der Waals surface area (Å²) in [5.74, 6) is -32.6. The molecular weight excluding hydrogens is 664 g/mol. The number of rotatable bonds is 11. The van der Waals surface area contributed by atoms with E-state index in [0.717, 1.165) is 11.1 Å². The molecule has 0 unspecified atom stereocenters. The summed E-state index contributed by atoms with van der Waals surface area (Å²) in [7, 11) is 0. The molecule has 0 aliphatic heterocycles. The van der Waals surface area contributed by atoms with Crippen LogP contribution in [0, 0.1) is 0 Å². The quantitative estimate of drug-likeness (QED) is 0.154. The maximum atomic E-state index is 14.6. The molecule has 0 aliphatic carbocycles. The molecule has 0 saturated carbocycles. The van der Waals surface area contributed by atoms with E-state index in [1.54, 1.807) is 48.5 Å². The van der Waals surface area contributed by atoms with Crippen LogP contribution in [0.2, 0.25) is 0 Å². The Hall–Kier alpha value is -3.92. The van der Waals surface area contributed by atoms with Gasteiger partial charge in [0.25, 0.3) is 0 Å². The van der Waals surface area contributed by atoms with Crippen molar-refractivity contribution < 1.29 is 44.7 Å². The molecule has 0 aliphatic rings. The van der Waals surface area contributed by atoms with Crippen molar-refractivity contribution in [3.8, 4) is 22.5 Å². The fourth-order valence-electron chi connectivity index (χ4n) is 4.04. The average molecular weight is 691 g/mol. The summed E-state index contributed by atoms with van der Waals surface area (Å²) < 4.78 is 117. The molecule has 16 heteroatoms. The molecule has 0 bridgehead atoms. The SMILES string of the molecule is CC(C)c1ccc(-c2csc(NC(=O)C(F)(F)C(F)(F)C(F)(F)C(F)(F)C(=O)Nc3nc(-c4ccc(C(C)C)cc4)cs3)n2)cc1. The molecule has 2 N–H and O–H groups in total. The maximum Gasteiger partial charge on any atom is 0.393 e. The third kappa shape index (κ3) is 6.49. The lowest BCUT2D eigenvalue weighted by molar-refractivity contribution is -0.345. The van der Waals surface area contributed by atoms with E-state index in [1.807, 2.05) is 27.7 Å². The predicted molar refractivity (Wildman–Crippen MR) is 160 cm³/mol. The molecule has 2 aromatic carbocycles. The molecule has 4 aromatic rings. The van der Waals surface area contributed by atoms with Crippen LogP contribution in [0.5, 0.6) is 0 Å². The topological polar surface area (TPSA) is 84.0 Å². The van der Waals surface area contributed by atoms with Gasteiger partial charge in [-0.1, -0.05) is 76.2 Å². The second-order valence-corrected chi connectivity index (χ2v) is 12.6. The van der Waals surface area contributed by atoms with E-state index in [9.17, 15) is 44.7 Å². The van der Waals surface area contributed by atoms with Gasteiger partial charge in [0.05, 0.1) is 11.4 Å². The van der Waals surface area contributed by atoms with Gasteiger partial charge in [0.1, 0.15) is 0 Å². The lowest BCUT2D eigenvalue weighted by Gasteiger charge is -2.35. The van der Waals surface area contributed by atoms with Gasteiger partial charge < -0.3 is 0 Å². The fourth-order valence-corrected chi connectivity index (χ4v) is 5.47. The summed E-state index contributed by atoms with van der Waals surface area (Å²) in [6.45, 7) is 7.77. The molecule has 2 aromatic heterocycles. The minimum Gasteiger partial charge on any atom is -0.296 e. The average Bonchev–Trinajstić information content (AvgIpc) is 3.67. The van der Waals surface area contributed by atoms with Crippen LogP contribution in [0.25, 0.3) is 22.5 Å². The Morgan fingerprint density at radius 2 is 0.891 bits per heavy atom. The number of benzene rings is 2. The Balaban J connectivity index is 1.48. The molecule has 0 saturated heterocycles. The predicted octanol–water partition coefficient (Wildman–Crippen LogP) is 9.30. The first-order chi connectivity index (χ1) is 21.3. The summed E-state index contributed by atoms with van der Waals surface area (Å²) in [6, 6.07) is 13.5. The zero-order chi connectivity index (χ0) is 34.2. The summed E-state index contributed by atoms with van der Waals surface area (Å²) >= 11 is 1.01. The van der Waals surface area contributed by atoms with Crippen molar-refractivity contribution in [1.29, 1.82) is 0 Å². The molecule has 0 spiro atoms. The number of hydrogen-bond donors (Lipinski definition) is 2. The van der Waals surface area contributed by atoms with Gasteiger partial charge in [0.2, 0.25) is 0 Å². The lowest BCUT2D eigenvalue weighted by Crippen LogP contribution is -2.67. The smallest absolute Gasteiger partial charge is 0.296 e. The number of hydrogen-bond acceptors (Lipinski definition) is 6. The third-order valence-electron chi connectivity index (χ3n) is 6.95. The Morgan fingerprint density at radius 1 is 0.587 bits per heavy atom. The summed E-state index contributed by atoms with van der Waals surface area (Å²) in [5.41, 5.74) is 3.13. The molecule has 2 amide bonds. The number of carbonyl (C=O) groups excluding carboxylic acids is 2. The van der Waals surface area contributed by atoms with Crippen LogP contribution in [-0.4, -0.2) is 45.5 Å². The van der Waals surface area contributed by atoms with Crippen molar-refractivity contribution in [2.75, 3.05) is 10.6 Å². The highest BCUT2D eigenvalue weighted by atomic mass is 32.1. The van der Waals surface area contributed by atoms with Gasteiger partial charge in [0.15, 0.2) is 10.3 Å². The summed E-state index contributed by atoms with van der Waals surface area (Å²) in [5, 5.41) is 3.73. The zero-order valence-corrected chi connectivity index (χ0v) is 26.1. The number of nitrogens with zero attached hydrogens (tertiary/aromatic N) is 2. The minimum absolute atomic E-state index is 0.136. The van der Waals surface area contributed by atoms with Gasteiger partial charge in [-0.2, -0.15) is 35.1 Å². The van der Waals surface area contributed by atoms with Crippen LogP contribution in [0.1, 0.15) is 50.7 Å². The van der Waals surface area contributed by atoms with Gasteiger partial charge >= 0.3 is 35.5 Å². The van der Waals surface area contributed by atoms with E-state index in [0.29, 0.717) is 33.8 Å². The van der Waals surface area contributed by atoms with Crippen LogP contribution < -0.4 is 10.6 Å². The standard InChI is InChI=1S/C30H26F8N4O2S2/c1-15(2)17-5-9-19(10-6-17)21-13-45-25(39-21)41-23(43)27(31,32)29(35,36)30(37,38)28(33,34)24(44)42-26-40-22(14-46-26)20-11-7-18(8-12-20)16(3)4/h5-16H,1-4H3,(H,39,41,43)(H,40,42,44). The molecule has 0 atom stereocenters. The number of aromatic nitrogens is 2. The highest BCUT2D eigenvalue weighted by Gasteiger charge is 2.84. The number of amides is 2. The van der Waals surface area contributed by atoms with E-state index >= 15 is 0 Å². The second-order valence-electron chi connectivity index (χ2n) is 10.8. The number of thiazole rings is 2. The summed E-state index contributed by atoms with van der Waals surface area (Å²) in [6.07, 6.45) is 0. The summed E-state index contributed by atoms with van der Waals surface area (Å²) in [4.78, 5) is 31.9. The Labute approximate surface area is 265 Å². The Kier molecular flexibility index (Phi) is 9.65. The highest BCUT2D eigenvalue weighted by Crippen LogP contribution is 2.53. The van der Waals surface area contributed by atoms with Crippen LogP contribution in [0.4, 0.5) is 45.4 Å². The van der Waals surface area contributed by atoms with E-state index in [1.165, 1.54) is 21.4 Å². The van der Waals surface area contributed by atoms with Gasteiger partial charge in [-0.3, -0.25) is 20.2 Å². The molecular formula is C30H26F8N4O2S2. The maximum absolute atomic E-state index is 14.6. The number of halogens is 8. The molecule has 2 heterocycles. The van der Waals surface area contributed by atoms with Crippen molar-refractivity contribution in [3.05, 3.63) is 70.4 Å². The molecule has 0 radical (unpaired) electrons. The van der Waals surface area contributed by atoms with Gasteiger partial charge in [-0.05, 0) is 23.0 Å². The normalized spacial score (nSPS) is 12.9. The van der Waals surface area contributed by atoms with Gasteiger partial charge in [-0.25, -0.2) is 9.97 Å². The number of carbonyl (C=O) groups is 2. The van der Waals surface area contributed by atoms with Gasteiger partial charge in [-0.15, -0.1) is 22.7 Å².